The molecule has 2 aliphatic carbocycles. The van der Waals surface area contributed by atoms with Crippen molar-refractivity contribution in [3.05, 3.63) is 67.3 Å². The Balaban J connectivity index is 1.32. The molecule has 1 saturated heterocycles. The first-order valence-electron chi connectivity index (χ1n) is 18.5. The Morgan fingerprint density at radius 2 is 1.80 bits per heavy atom. The standard InChI is InChI=1S/C40H49N5O10S/c1-7-25-22-40(25,36(48)44-56(51,52)39(15-16-39)17-18-53-5)43-34(46)31-20-27(23-45(31)35(47)33(38(2,3)4)42-37(49)50)55-32-21-29(24-11-9-8-10-12-24)41-30-19-26(54-6)13-14-28(30)32/h7-14,19,21,25,27,31,33,42H,1,15-18,20,22-23H2,2-6H3,(H,43,46)(H,44,48)(H,49,50). The Labute approximate surface area is 326 Å². The summed E-state index contributed by atoms with van der Waals surface area (Å²) in [7, 11) is -1.11. The molecule has 3 aromatic rings. The number of pyridine rings is 1. The third-order valence-electron chi connectivity index (χ3n) is 11.0. The minimum Gasteiger partial charge on any atom is -0.497 e. The molecule has 0 bridgehead atoms. The summed E-state index contributed by atoms with van der Waals surface area (Å²) < 4.78 is 45.2. The maximum absolute atomic E-state index is 14.4. The van der Waals surface area contributed by atoms with Gasteiger partial charge in [-0.3, -0.25) is 19.1 Å². The number of methoxy groups -OCH3 is 2. The molecule has 2 aromatic carbocycles. The number of benzene rings is 2. The number of rotatable bonds is 15. The molecule has 16 heteroatoms. The number of nitrogens with zero attached hydrogens (tertiary/aromatic N) is 2. The molecular formula is C40H49N5O10S. The number of carbonyl (C=O) groups is 4. The van der Waals surface area contributed by atoms with Gasteiger partial charge in [0.25, 0.3) is 5.91 Å². The Morgan fingerprint density at radius 1 is 1.09 bits per heavy atom. The lowest BCUT2D eigenvalue weighted by Gasteiger charge is -2.35. The zero-order chi connectivity index (χ0) is 40.6. The zero-order valence-corrected chi connectivity index (χ0v) is 33.0. The first-order chi connectivity index (χ1) is 26.5. The van der Waals surface area contributed by atoms with Gasteiger partial charge in [0.05, 0.1) is 29.6 Å². The van der Waals surface area contributed by atoms with Crippen LogP contribution in [0.5, 0.6) is 11.5 Å². The Morgan fingerprint density at radius 3 is 2.39 bits per heavy atom. The summed E-state index contributed by atoms with van der Waals surface area (Å²) in [6.45, 7) is 8.98. The molecule has 1 aromatic heterocycles. The highest BCUT2D eigenvalue weighted by Gasteiger charge is 2.63. The van der Waals surface area contributed by atoms with Crippen molar-refractivity contribution in [2.75, 3.05) is 27.4 Å². The van der Waals surface area contributed by atoms with Crippen molar-refractivity contribution in [1.82, 2.24) is 25.2 Å². The van der Waals surface area contributed by atoms with Gasteiger partial charge in [-0.1, -0.05) is 57.2 Å². The number of hydrogen-bond acceptors (Lipinski definition) is 10. The van der Waals surface area contributed by atoms with E-state index >= 15 is 0 Å². The lowest BCUT2D eigenvalue weighted by Crippen LogP contribution is -2.60. The molecular weight excluding hydrogens is 743 g/mol. The summed E-state index contributed by atoms with van der Waals surface area (Å²) in [4.78, 5) is 60.6. The minimum absolute atomic E-state index is 0.0307. The molecule has 0 radical (unpaired) electrons. The van der Waals surface area contributed by atoms with E-state index < -0.39 is 73.6 Å². The molecule has 3 fully saturated rings. The highest BCUT2D eigenvalue weighted by atomic mass is 32.2. The van der Waals surface area contributed by atoms with Gasteiger partial charge in [-0.05, 0) is 43.2 Å². The van der Waals surface area contributed by atoms with Crippen molar-refractivity contribution >= 4 is 44.7 Å². The zero-order valence-electron chi connectivity index (χ0n) is 32.2. The number of fused-ring (bicyclic) bond motifs is 1. The Kier molecular flexibility index (Phi) is 11.1. The number of carboxylic acid groups (broad SMARTS) is 1. The van der Waals surface area contributed by atoms with Crippen molar-refractivity contribution < 1.29 is 46.9 Å². The normalized spacial score (nSPS) is 23.1. The maximum Gasteiger partial charge on any atom is 0.405 e. The molecule has 6 rings (SSSR count). The molecule has 5 atom stereocenters. The fourth-order valence-electron chi connectivity index (χ4n) is 7.39. The van der Waals surface area contributed by atoms with Crippen LogP contribution in [0.2, 0.25) is 0 Å². The van der Waals surface area contributed by atoms with Gasteiger partial charge in [0.1, 0.15) is 35.2 Å². The predicted molar refractivity (Wildman–Crippen MR) is 207 cm³/mol. The third kappa shape index (κ3) is 8.03. The van der Waals surface area contributed by atoms with Gasteiger partial charge in [-0.2, -0.15) is 0 Å². The molecule has 4 N–H and O–H groups in total. The molecule has 15 nitrogen and oxygen atoms in total. The van der Waals surface area contributed by atoms with Crippen LogP contribution in [-0.2, 0) is 29.1 Å². The van der Waals surface area contributed by atoms with Crippen LogP contribution >= 0.6 is 0 Å². The van der Waals surface area contributed by atoms with Crippen molar-refractivity contribution in [3.8, 4) is 22.8 Å². The van der Waals surface area contributed by atoms with Crippen LogP contribution in [0.3, 0.4) is 0 Å². The first-order valence-corrected chi connectivity index (χ1v) is 20.0. The first kappa shape index (κ1) is 40.4. The van der Waals surface area contributed by atoms with E-state index in [1.807, 2.05) is 30.3 Å². The number of aromatic nitrogens is 1. The molecule has 0 spiro atoms. The molecule has 56 heavy (non-hydrogen) atoms. The fourth-order valence-corrected chi connectivity index (χ4v) is 9.02. The maximum atomic E-state index is 14.4. The summed E-state index contributed by atoms with van der Waals surface area (Å²) >= 11 is 0. The molecule has 300 valence electrons. The summed E-state index contributed by atoms with van der Waals surface area (Å²) in [6, 6.07) is 14.1. The van der Waals surface area contributed by atoms with Gasteiger partial charge in [-0.25, -0.2) is 18.2 Å². The molecule has 5 unspecified atom stereocenters. The van der Waals surface area contributed by atoms with E-state index in [-0.39, 0.29) is 32.4 Å². The van der Waals surface area contributed by atoms with E-state index in [0.29, 0.717) is 40.9 Å². The monoisotopic (exact) mass is 791 g/mol. The van der Waals surface area contributed by atoms with Gasteiger partial charge in [0.15, 0.2) is 0 Å². The number of ether oxygens (including phenoxy) is 3. The summed E-state index contributed by atoms with van der Waals surface area (Å²) in [5.74, 6) is -1.84. The highest BCUT2D eigenvalue weighted by molar-refractivity contribution is 7.91. The van der Waals surface area contributed by atoms with E-state index in [0.717, 1.165) is 5.56 Å². The van der Waals surface area contributed by atoms with E-state index in [4.69, 9.17) is 19.2 Å². The molecule has 3 aliphatic rings. The number of sulfonamides is 1. The second-order valence-electron chi connectivity index (χ2n) is 15.9. The molecule has 1 aliphatic heterocycles. The van der Waals surface area contributed by atoms with Crippen molar-refractivity contribution in [2.24, 2.45) is 11.3 Å². The topological polar surface area (TPSA) is 203 Å². The van der Waals surface area contributed by atoms with E-state index in [2.05, 4.69) is 21.9 Å². The summed E-state index contributed by atoms with van der Waals surface area (Å²) in [6.07, 6.45) is 0.309. The van der Waals surface area contributed by atoms with Gasteiger partial charge in [0.2, 0.25) is 21.8 Å². The van der Waals surface area contributed by atoms with E-state index in [1.54, 1.807) is 52.1 Å². The number of carbonyl (C=O) groups excluding carboxylic acids is 3. The van der Waals surface area contributed by atoms with Crippen LogP contribution in [0.25, 0.3) is 22.2 Å². The largest absolute Gasteiger partial charge is 0.497 e. The fraction of sp³-hybridized carbons (Fsp3) is 0.475. The minimum atomic E-state index is -4.13. The van der Waals surface area contributed by atoms with Crippen molar-refractivity contribution in [2.45, 2.75) is 81.3 Å². The Hall–Kier alpha value is -5.22. The van der Waals surface area contributed by atoms with Gasteiger partial charge < -0.3 is 34.9 Å². The molecule has 2 saturated carbocycles. The number of likely N-dealkylation sites (tertiary alicyclic amines) is 1. The highest BCUT2D eigenvalue weighted by Crippen LogP contribution is 2.49. The lowest BCUT2D eigenvalue weighted by atomic mass is 9.85. The summed E-state index contributed by atoms with van der Waals surface area (Å²) in [5.41, 5.74) is -0.510. The van der Waals surface area contributed by atoms with Crippen LogP contribution in [-0.4, -0.2) is 103 Å². The van der Waals surface area contributed by atoms with Crippen LogP contribution < -0.4 is 24.8 Å². The van der Waals surface area contributed by atoms with Crippen molar-refractivity contribution in [1.29, 1.82) is 0 Å². The quantitative estimate of drug-likeness (QED) is 0.162. The van der Waals surface area contributed by atoms with E-state index in [1.165, 1.54) is 18.1 Å². The predicted octanol–water partition coefficient (Wildman–Crippen LogP) is 4.02. The average molecular weight is 792 g/mol. The smallest absolute Gasteiger partial charge is 0.405 e. The lowest BCUT2D eigenvalue weighted by molar-refractivity contribution is -0.142. The van der Waals surface area contributed by atoms with Gasteiger partial charge in [-0.15, -0.1) is 6.58 Å². The Bertz CT molecular complexity index is 2140. The van der Waals surface area contributed by atoms with Crippen molar-refractivity contribution in [3.63, 3.8) is 0 Å². The van der Waals surface area contributed by atoms with Crippen LogP contribution in [0, 0.1) is 11.3 Å². The number of nitrogens with one attached hydrogen (secondary N) is 3. The summed E-state index contributed by atoms with van der Waals surface area (Å²) in [5, 5.41) is 15.4. The average Bonchev–Trinajstić information content (AvgIpc) is 4.07. The van der Waals surface area contributed by atoms with E-state index in [9.17, 15) is 32.7 Å². The molecule has 2 heterocycles. The second-order valence-corrected chi connectivity index (χ2v) is 17.9. The van der Waals surface area contributed by atoms with Gasteiger partial charge >= 0.3 is 6.09 Å². The van der Waals surface area contributed by atoms with Crippen LogP contribution in [0.15, 0.2) is 67.3 Å². The third-order valence-corrected chi connectivity index (χ3v) is 13.2. The SMILES string of the molecule is C=CC1CC1(NC(=O)C1CC(Oc2cc(-c3ccccc3)nc3cc(OC)ccc23)CN1C(=O)C(NC(=O)O)C(C)(C)C)C(=O)NS(=O)(=O)C1(CCOC)CC1. The molecule has 4 amide bonds. The van der Waals surface area contributed by atoms with Crippen LogP contribution in [0.4, 0.5) is 4.79 Å². The van der Waals surface area contributed by atoms with Gasteiger partial charge in [0, 0.05) is 49.1 Å². The number of hydrogen-bond donors (Lipinski definition) is 4. The second kappa shape index (κ2) is 15.4. The number of amides is 4. The van der Waals surface area contributed by atoms with Crippen LogP contribution in [0.1, 0.15) is 52.9 Å².